The van der Waals surface area contributed by atoms with Gasteiger partial charge in [0.1, 0.15) is 5.75 Å². The summed E-state index contributed by atoms with van der Waals surface area (Å²) < 4.78 is 7.32. The van der Waals surface area contributed by atoms with Gasteiger partial charge in [0.05, 0.1) is 24.7 Å². The van der Waals surface area contributed by atoms with E-state index in [1.807, 2.05) is 42.7 Å². The van der Waals surface area contributed by atoms with Crippen molar-refractivity contribution < 1.29 is 4.74 Å². The first-order chi connectivity index (χ1) is 11.2. The molecule has 2 aromatic carbocycles. The van der Waals surface area contributed by atoms with Gasteiger partial charge in [0.15, 0.2) is 0 Å². The second-order valence-electron chi connectivity index (χ2n) is 5.55. The Kier molecular flexibility index (Phi) is 4.29. The Morgan fingerprint density at radius 1 is 1.00 bits per heavy atom. The number of hydrogen-bond acceptors (Lipinski definition) is 2. The highest BCUT2D eigenvalue weighted by Crippen LogP contribution is 2.21. The van der Waals surface area contributed by atoms with Gasteiger partial charge in [-0.25, -0.2) is 0 Å². The van der Waals surface area contributed by atoms with Crippen molar-refractivity contribution in [1.82, 2.24) is 4.57 Å². The van der Waals surface area contributed by atoms with Crippen molar-refractivity contribution in [1.29, 1.82) is 0 Å². The number of benzene rings is 2. The first-order valence-electron chi connectivity index (χ1n) is 7.60. The summed E-state index contributed by atoms with van der Waals surface area (Å²) in [5.74, 6) is 0.853. The summed E-state index contributed by atoms with van der Waals surface area (Å²) >= 11 is 0. The average molecular weight is 304 g/mol. The van der Waals surface area contributed by atoms with Crippen LogP contribution in [0.2, 0.25) is 0 Å². The van der Waals surface area contributed by atoms with Gasteiger partial charge in [-0.15, -0.1) is 0 Å². The highest BCUT2D eigenvalue weighted by Gasteiger charge is 2.02. The molecule has 0 aliphatic carbocycles. The zero-order valence-corrected chi connectivity index (χ0v) is 13.7. The Morgan fingerprint density at radius 2 is 1.78 bits per heavy atom. The average Bonchev–Trinajstić information content (AvgIpc) is 3.04. The molecule has 0 fully saturated rings. The highest BCUT2D eigenvalue weighted by atomic mass is 16.5. The van der Waals surface area contributed by atoms with E-state index in [1.54, 1.807) is 7.11 Å². The van der Waals surface area contributed by atoms with Crippen molar-refractivity contribution in [3.63, 3.8) is 0 Å². The maximum atomic E-state index is 5.21. The molecule has 0 N–H and O–H groups in total. The van der Waals surface area contributed by atoms with Gasteiger partial charge in [0.2, 0.25) is 0 Å². The van der Waals surface area contributed by atoms with Crippen LogP contribution in [0.25, 0.3) is 5.69 Å². The molecule has 116 valence electrons. The van der Waals surface area contributed by atoms with Crippen LogP contribution in [0.5, 0.6) is 5.75 Å². The molecule has 0 aliphatic heterocycles. The van der Waals surface area contributed by atoms with E-state index >= 15 is 0 Å². The van der Waals surface area contributed by atoms with Crippen LogP contribution >= 0.6 is 0 Å². The Bertz CT molecular complexity index is 829. The topological polar surface area (TPSA) is 26.5 Å². The lowest BCUT2D eigenvalue weighted by molar-refractivity contribution is 0.415. The smallest absolute Gasteiger partial charge is 0.119 e. The molecule has 0 saturated carbocycles. The van der Waals surface area contributed by atoms with E-state index in [0.717, 1.165) is 22.8 Å². The summed E-state index contributed by atoms with van der Waals surface area (Å²) in [4.78, 5) is 4.66. The largest absolute Gasteiger partial charge is 0.497 e. The minimum absolute atomic E-state index is 0.853. The monoisotopic (exact) mass is 304 g/mol. The summed E-state index contributed by atoms with van der Waals surface area (Å²) in [6.45, 7) is 4.16. The number of rotatable bonds is 4. The summed E-state index contributed by atoms with van der Waals surface area (Å²) in [6.07, 6.45) is 3.94. The quantitative estimate of drug-likeness (QED) is 0.633. The molecule has 0 spiro atoms. The summed E-state index contributed by atoms with van der Waals surface area (Å²) in [7, 11) is 1.67. The van der Waals surface area contributed by atoms with Crippen molar-refractivity contribution in [2.24, 2.45) is 4.99 Å². The first kappa shape index (κ1) is 15.1. The zero-order valence-electron chi connectivity index (χ0n) is 13.7. The Morgan fingerprint density at radius 3 is 2.52 bits per heavy atom. The molecular formula is C20H20N2O. The van der Waals surface area contributed by atoms with Crippen molar-refractivity contribution >= 4 is 11.9 Å². The molecule has 3 rings (SSSR count). The third kappa shape index (κ3) is 3.34. The Labute approximate surface area is 136 Å². The molecule has 1 aromatic heterocycles. The number of methoxy groups -OCH3 is 1. The van der Waals surface area contributed by atoms with Crippen LogP contribution in [-0.4, -0.2) is 17.9 Å². The van der Waals surface area contributed by atoms with E-state index in [-0.39, 0.29) is 0 Å². The third-order valence-electron chi connectivity index (χ3n) is 3.83. The van der Waals surface area contributed by atoms with E-state index in [2.05, 4.69) is 47.7 Å². The predicted molar refractivity (Wildman–Crippen MR) is 95.5 cm³/mol. The molecule has 0 atom stereocenters. The summed E-state index contributed by atoms with van der Waals surface area (Å²) in [5, 5.41) is 0. The molecule has 3 nitrogen and oxygen atoms in total. The van der Waals surface area contributed by atoms with Gasteiger partial charge < -0.3 is 9.30 Å². The maximum absolute atomic E-state index is 5.21. The third-order valence-corrected chi connectivity index (χ3v) is 3.83. The van der Waals surface area contributed by atoms with Crippen LogP contribution in [-0.2, 0) is 0 Å². The lowest BCUT2D eigenvalue weighted by atomic mass is 10.1. The van der Waals surface area contributed by atoms with Crippen LogP contribution in [0, 0.1) is 13.8 Å². The van der Waals surface area contributed by atoms with Crippen LogP contribution in [0.4, 0.5) is 5.69 Å². The fourth-order valence-corrected chi connectivity index (χ4v) is 2.47. The van der Waals surface area contributed by atoms with Gasteiger partial charge >= 0.3 is 0 Å². The molecule has 0 saturated heterocycles. The van der Waals surface area contributed by atoms with Crippen molar-refractivity contribution in [2.45, 2.75) is 13.8 Å². The van der Waals surface area contributed by atoms with E-state index in [4.69, 9.17) is 4.74 Å². The lowest BCUT2D eigenvalue weighted by Crippen LogP contribution is -1.97. The molecule has 23 heavy (non-hydrogen) atoms. The van der Waals surface area contributed by atoms with Gasteiger partial charge in [0, 0.05) is 11.9 Å². The number of ether oxygens (including phenoxy) is 1. The van der Waals surface area contributed by atoms with E-state index in [1.165, 1.54) is 11.1 Å². The van der Waals surface area contributed by atoms with Gasteiger partial charge in [-0.3, -0.25) is 4.99 Å². The highest BCUT2D eigenvalue weighted by molar-refractivity contribution is 5.81. The molecule has 3 aromatic rings. The number of aliphatic imine (C=N–C) groups is 1. The Hall–Kier alpha value is -2.81. The SMILES string of the molecule is COc1ccc(-n2cccc2C=Nc2cc(C)ccc2C)cc1. The summed E-state index contributed by atoms with van der Waals surface area (Å²) in [6, 6.07) is 18.4. The number of nitrogens with zero attached hydrogens (tertiary/aromatic N) is 2. The lowest BCUT2D eigenvalue weighted by Gasteiger charge is -2.07. The van der Waals surface area contributed by atoms with E-state index < -0.39 is 0 Å². The molecule has 1 heterocycles. The second kappa shape index (κ2) is 6.53. The molecule has 0 amide bonds. The molecule has 3 heteroatoms. The van der Waals surface area contributed by atoms with E-state index in [9.17, 15) is 0 Å². The van der Waals surface area contributed by atoms with Gasteiger partial charge in [-0.2, -0.15) is 0 Å². The van der Waals surface area contributed by atoms with Gasteiger partial charge in [0.25, 0.3) is 0 Å². The van der Waals surface area contributed by atoms with Crippen LogP contribution in [0.1, 0.15) is 16.8 Å². The molecule has 0 unspecified atom stereocenters. The van der Waals surface area contributed by atoms with Crippen LogP contribution in [0.15, 0.2) is 65.8 Å². The van der Waals surface area contributed by atoms with E-state index in [0.29, 0.717) is 0 Å². The van der Waals surface area contributed by atoms with Gasteiger partial charge in [-0.1, -0.05) is 12.1 Å². The first-order valence-corrected chi connectivity index (χ1v) is 7.60. The molecular weight excluding hydrogens is 284 g/mol. The second-order valence-corrected chi connectivity index (χ2v) is 5.55. The number of aryl methyl sites for hydroxylation is 2. The normalized spacial score (nSPS) is 11.1. The van der Waals surface area contributed by atoms with Gasteiger partial charge in [-0.05, 0) is 67.4 Å². The van der Waals surface area contributed by atoms with Crippen LogP contribution < -0.4 is 4.74 Å². The standard InChI is InChI=1S/C20H20N2O/c1-15-6-7-16(2)20(13-15)21-14-18-5-4-12-22(18)17-8-10-19(23-3)11-9-17/h4-14H,1-3H3. The number of aromatic nitrogens is 1. The molecule has 0 bridgehead atoms. The molecule has 0 radical (unpaired) electrons. The predicted octanol–water partition coefficient (Wildman–Crippen LogP) is 4.85. The summed E-state index contributed by atoms with van der Waals surface area (Å²) in [5.41, 5.74) is 5.52. The fraction of sp³-hybridized carbons (Fsp3) is 0.150. The maximum Gasteiger partial charge on any atom is 0.119 e. The van der Waals surface area contributed by atoms with Crippen molar-refractivity contribution in [3.05, 3.63) is 77.6 Å². The van der Waals surface area contributed by atoms with Crippen molar-refractivity contribution in [2.75, 3.05) is 7.11 Å². The van der Waals surface area contributed by atoms with Crippen molar-refractivity contribution in [3.8, 4) is 11.4 Å². The molecule has 0 aliphatic rings. The number of hydrogen-bond donors (Lipinski definition) is 0. The minimum atomic E-state index is 0.853. The van der Waals surface area contributed by atoms with Crippen LogP contribution in [0.3, 0.4) is 0 Å². The zero-order chi connectivity index (χ0) is 16.2. The fourth-order valence-electron chi connectivity index (χ4n) is 2.47. The Balaban J connectivity index is 1.91. The minimum Gasteiger partial charge on any atom is -0.497 e.